The Labute approximate surface area is 151 Å². The number of ether oxygens (including phenoxy) is 3. The lowest BCUT2D eigenvalue weighted by Gasteiger charge is -2.16. The normalized spacial score (nSPS) is 11.5. The molecular weight excluding hydrogens is 344 g/mol. The van der Waals surface area contributed by atoms with Crippen LogP contribution >= 0.6 is 11.6 Å². The lowest BCUT2D eigenvalue weighted by atomic mass is 10.1. The minimum Gasteiger partial charge on any atom is -0.497 e. The van der Waals surface area contributed by atoms with Crippen molar-refractivity contribution in [2.45, 2.75) is 13.0 Å². The van der Waals surface area contributed by atoms with Crippen LogP contribution in [0.25, 0.3) is 0 Å². The summed E-state index contributed by atoms with van der Waals surface area (Å²) in [5, 5.41) is 3.09. The number of carbonyl (C=O) groups excluding carboxylic acids is 1. The van der Waals surface area contributed by atoms with Gasteiger partial charge in [-0.1, -0.05) is 11.6 Å². The van der Waals surface area contributed by atoms with E-state index in [2.05, 4.69) is 5.32 Å². The fourth-order valence-corrected chi connectivity index (χ4v) is 2.34. The molecule has 3 N–H and O–H groups in total. The molecule has 0 saturated carbocycles. The number of hydrogen-bond acceptors (Lipinski definition) is 5. The highest BCUT2D eigenvalue weighted by Crippen LogP contribution is 2.28. The van der Waals surface area contributed by atoms with Crippen LogP contribution in [-0.2, 0) is 0 Å². The molecular formula is C18H21ClN2O4. The van der Waals surface area contributed by atoms with Gasteiger partial charge in [-0.25, -0.2) is 0 Å². The van der Waals surface area contributed by atoms with E-state index in [0.29, 0.717) is 34.3 Å². The van der Waals surface area contributed by atoms with E-state index in [4.69, 9.17) is 31.5 Å². The average Bonchev–Trinajstić information content (AvgIpc) is 2.62. The van der Waals surface area contributed by atoms with Crippen molar-refractivity contribution in [3.8, 4) is 17.2 Å². The van der Waals surface area contributed by atoms with Gasteiger partial charge in [0.2, 0.25) is 0 Å². The van der Waals surface area contributed by atoms with Crippen LogP contribution in [0.3, 0.4) is 0 Å². The van der Waals surface area contributed by atoms with Crippen LogP contribution in [0.1, 0.15) is 17.3 Å². The first-order chi connectivity index (χ1) is 11.9. The van der Waals surface area contributed by atoms with Crippen molar-refractivity contribution in [2.75, 3.05) is 26.5 Å². The first kappa shape index (κ1) is 18.7. The van der Waals surface area contributed by atoms with Gasteiger partial charge < -0.3 is 25.3 Å². The van der Waals surface area contributed by atoms with Crippen molar-refractivity contribution >= 4 is 23.2 Å². The topological polar surface area (TPSA) is 82.8 Å². The van der Waals surface area contributed by atoms with Gasteiger partial charge in [-0.2, -0.15) is 0 Å². The molecule has 0 aliphatic heterocycles. The van der Waals surface area contributed by atoms with E-state index in [9.17, 15) is 4.79 Å². The Balaban J connectivity index is 1.95. The van der Waals surface area contributed by atoms with Crippen LogP contribution in [0.15, 0.2) is 36.4 Å². The summed E-state index contributed by atoms with van der Waals surface area (Å²) >= 11 is 5.99. The SMILES string of the molecule is COc1ccc(OC(C)CNC(=O)c2cc(Cl)c(N)cc2OC)cc1. The molecule has 6 nitrogen and oxygen atoms in total. The molecule has 0 fully saturated rings. The van der Waals surface area contributed by atoms with E-state index in [1.807, 2.05) is 19.1 Å². The Morgan fingerprint density at radius 2 is 1.80 bits per heavy atom. The van der Waals surface area contributed by atoms with Crippen LogP contribution < -0.4 is 25.3 Å². The van der Waals surface area contributed by atoms with Crippen LogP contribution in [-0.4, -0.2) is 32.8 Å². The number of halogens is 1. The van der Waals surface area contributed by atoms with Gasteiger partial charge >= 0.3 is 0 Å². The number of amides is 1. The van der Waals surface area contributed by atoms with E-state index in [1.54, 1.807) is 19.2 Å². The molecule has 25 heavy (non-hydrogen) atoms. The van der Waals surface area contributed by atoms with Crippen LogP contribution in [0.4, 0.5) is 5.69 Å². The molecule has 0 radical (unpaired) electrons. The summed E-state index contributed by atoms with van der Waals surface area (Å²) < 4.78 is 16.0. The van der Waals surface area contributed by atoms with Gasteiger partial charge in [0.25, 0.3) is 5.91 Å². The second-order valence-electron chi connectivity index (χ2n) is 5.39. The Morgan fingerprint density at radius 1 is 1.16 bits per heavy atom. The number of anilines is 1. The van der Waals surface area contributed by atoms with Gasteiger partial charge in [-0.3, -0.25) is 4.79 Å². The van der Waals surface area contributed by atoms with Crippen LogP contribution in [0.2, 0.25) is 5.02 Å². The molecule has 1 unspecified atom stereocenters. The summed E-state index contributed by atoms with van der Waals surface area (Å²) in [7, 11) is 3.07. The van der Waals surface area contributed by atoms with E-state index < -0.39 is 0 Å². The van der Waals surface area contributed by atoms with Crippen molar-refractivity contribution in [3.63, 3.8) is 0 Å². The molecule has 2 aromatic rings. The zero-order chi connectivity index (χ0) is 18.4. The molecule has 0 aliphatic rings. The summed E-state index contributed by atoms with van der Waals surface area (Å²) in [5.41, 5.74) is 6.39. The standard InChI is InChI=1S/C18H21ClN2O4/c1-11(25-13-6-4-12(23-2)5-7-13)10-21-18(22)14-8-15(19)16(20)9-17(14)24-3/h4-9,11H,10,20H2,1-3H3,(H,21,22). The smallest absolute Gasteiger partial charge is 0.255 e. The fourth-order valence-electron chi connectivity index (χ4n) is 2.18. The van der Waals surface area contributed by atoms with Gasteiger partial charge in [0.1, 0.15) is 23.4 Å². The maximum Gasteiger partial charge on any atom is 0.255 e. The fraction of sp³-hybridized carbons (Fsp3) is 0.278. The quantitative estimate of drug-likeness (QED) is 0.737. The van der Waals surface area contributed by atoms with Gasteiger partial charge in [0, 0.05) is 6.07 Å². The molecule has 0 heterocycles. The third-order valence-corrected chi connectivity index (χ3v) is 3.84. The Morgan fingerprint density at radius 3 is 2.40 bits per heavy atom. The molecule has 2 aromatic carbocycles. The van der Waals surface area contributed by atoms with Gasteiger partial charge in [-0.15, -0.1) is 0 Å². The number of hydrogen-bond donors (Lipinski definition) is 2. The Bertz CT molecular complexity index is 735. The van der Waals surface area contributed by atoms with Gasteiger partial charge in [0.15, 0.2) is 0 Å². The number of nitrogen functional groups attached to an aromatic ring is 1. The number of rotatable bonds is 7. The molecule has 134 valence electrons. The molecule has 7 heteroatoms. The summed E-state index contributed by atoms with van der Waals surface area (Å²) in [6.45, 7) is 2.17. The molecule has 0 aliphatic carbocycles. The van der Waals surface area contributed by atoms with Gasteiger partial charge in [0.05, 0.1) is 37.0 Å². The minimum absolute atomic E-state index is 0.229. The second-order valence-corrected chi connectivity index (χ2v) is 5.80. The molecule has 0 bridgehead atoms. The van der Waals surface area contributed by atoms with Crippen molar-refractivity contribution in [3.05, 3.63) is 47.0 Å². The maximum absolute atomic E-state index is 12.4. The maximum atomic E-state index is 12.4. The average molecular weight is 365 g/mol. The van der Waals surface area contributed by atoms with E-state index >= 15 is 0 Å². The third-order valence-electron chi connectivity index (χ3n) is 3.51. The highest BCUT2D eigenvalue weighted by Gasteiger charge is 2.16. The third kappa shape index (κ3) is 4.93. The Hall–Kier alpha value is -2.60. The first-order valence-corrected chi connectivity index (χ1v) is 8.04. The first-order valence-electron chi connectivity index (χ1n) is 7.66. The summed E-state index contributed by atoms with van der Waals surface area (Å²) in [4.78, 5) is 12.4. The molecule has 0 saturated heterocycles. The Kier molecular flexibility index (Phi) is 6.36. The van der Waals surface area contributed by atoms with E-state index in [0.717, 1.165) is 5.75 Å². The highest BCUT2D eigenvalue weighted by molar-refractivity contribution is 6.33. The number of nitrogens with two attached hydrogens (primary N) is 1. The van der Waals surface area contributed by atoms with Crippen molar-refractivity contribution in [1.82, 2.24) is 5.32 Å². The van der Waals surface area contributed by atoms with Crippen molar-refractivity contribution < 1.29 is 19.0 Å². The molecule has 1 amide bonds. The molecule has 0 aromatic heterocycles. The summed E-state index contributed by atoms with van der Waals surface area (Å²) in [6, 6.07) is 10.2. The highest BCUT2D eigenvalue weighted by atomic mass is 35.5. The molecule has 0 spiro atoms. The van der Waals surface area contributed by atoms with Crippen molar-refractivity contribution in [2.24, 2.45) is 0 Å². The number of carbonyl (C=O) groups is 1. The number of methoxy groups -OCH3 is 2. The van der Waals surface area contributed by atoms with Crippen LogP contribution in [0, 0.1) is 0 Å². The summed E-state index contributed by atoms with van der Waals surface area (Å²) in [6.07, 6.45) is -0.229. The predicted molar refractivity (Wildman–Crippen MR) is 97.8 cm³/mol. The second kappa shape index (κ2) is 8.48. The predicted octanol–water partition coefficient (Wildman–Crippen LogP) is 3.14. The molecule has 1 atom stereocenters. The monoisotopic (exact) mass is 364 g/mol. The van der Waals surface area contributed by atoms with Crippen LogP contribution in [0.5, 0.6) is 17.2 Å². The minimum atomic E-state index is -0.316. The molecule has 2 rings (SSSR count). The number of benzene rings is 2. The van der Waals surface area contributed by atoms with Gasteiger partial charge in [-0.05, 0) is 37.3 Å². The number of nitrogens with one attached hydrogen (secondary N) is 1. The van der Waals surface area contributed by atoms with Crippen molar-refractivity contribution in [1.29, 1.82) is 0 Å². The van der Waals surface area contributed by atoms with E-state index in [1.165, 1.54) is 19.2 Å². The lowest BCUT2D eigenvalue weighted by Crippen LogP contribution is -2.33. The zero-order valence-corrected chi connectivity index (χ0v) is 15.1. The van der Waals surface area contributed by atoms with E-state index in [-0.39, 0.29) is 12.0 Å². The zero-order valence-electron chi connectivity index (χ0n) is 14.3. The largest absolute Gasteiger partial charge is 0.497 e. The summed E-state index contributed by atoms with van der Waals surface area (Å²) in [5.74, 6) is 1.49. The lowest BCUT2D eigenvalue weighted by molar-refractivity contribution is 0.0929.